The lowest BCUT2D eigenvalue weighted by molar-refractivity contribution is -0.161. The molecule has 0 saturated heterocycles. The molecule has 17 nitrogen and oxygen atoms in total. The van der Waals surface area contributed by atoms with E-state index in [0.29, 0.717) is 31.6 Å². The number of carbonyl (C=O) groups is 4. The molecule has 0 rings (SSSR count). The van der Waals surface area contributed by atoms with Crippen LogP contribution in [0.2, 0.25) is 0 Å². The lowest BCUT2D eigenvalue weighted by Crippen LogP contribution is -2.30. The zero-order valence-electron chi connectivity index (χ0n) is 62.0. The maximum atomic E-state index is 13.1. The molecule has 2 unspecified atom stereocenters. The molecule has 0 aromatic carbocycles. The summed E-state index contributed by atoms with van der Waals surface area (Å²) in [4.78, 5) is 72.7. The van der Waals surface area contributed by atoms with Gasteiger partial charge < -0.3 is 33.8 Å². The van der Waals surface area contributed by atoms with Crippen molar-refractivity contribution in [1.82, 2.24) is 0 Å². The summed E-state index contributed by atoms with van der Waals surface area (Å²) in [5.74, 6) is -0.626. The van der Waals surface area contributed by atoms with Gasteiger partial charge in [0, 0.05) is 25.7 Å². The zero-order chi connectivity index (χ0) is 70.0. The van der Waals surface area contributed by atoms with E-state index in [1.165, 1.54) is 205 Å². The zero-order valence-corrected chi connectivity index (χ0v) is 63.8. The van der Waals surface area contributed by atoms with E-state index < -0.39 is 97.5 Å². The number of aliphatic hydroxyl groups is 1. The number of rotatable bonds is 75. The van der Waals surface area contributed by atoms with Gasteiger partial charge in [-0.1, -0.05) is 343 Å². The van der Waals surface area contributed by atoms with Crippen molar-refractivity contribution in [3.05, 3.63) is 0 Å². The Morgan fingerprint density at radius 3 is 0.716 bits per heavy atom. The van der Waals surface area contributed by atoms with E-state index in [4.69, 9.17) is 37.0 Å². The van der Waals surface area contributed by atoms with Crippen molar-refractivity contribution >= 4 is 39.5 Å². The molecule has 3 N–H and O–H groups in total. The number of esters is 4. The number of phosphoric acid groups is 2. The molecule has 0 fully saturated rings. The van der Waals surface area contributed by atoms with Gasteiger partial charge in [-0.3, -0.25) is 37.3 Å². The summed E-state index contributed by atoms with van der Waals surface area (Å²) in [6.07, 6.45) is 55.8. The maximum Gasteiger partial charge on any atom is 0.472 e. The highest BCUT2D eigenvalue weighted by Crippen LogP contribution is 2.45. The van der Waals surface area contributed by atoms with Gasteiger partial charge in [0.1, 0.15) is 19.3 Å². The smallest absolute Gasteiger partial charge is 0.462 e. The molecule has 0 heterocycles. The Morgan fingerprint density at radius 2 is 0.484 bits per heavy atom. The first kappa shape index (κ1) is 93.1. The van der Waals surface area contributed by atoms with Gasteiger partial charge in [0.15, 0.2) is 12.2 Å². The monoisotopic (exact) mass is 1400 g/mol. The Hall–Kier alpha value is -1.94. The van der Waals surface area contributed by atoms with Crippen LogP contribution in [-0.4, -0.2) is 96.7 Å². The van der Waals surface area contributed by atoms with Crippen LogP contribution in [0.1, 0.15) is 395 Å². The lowest BCUT2D eigenvalue weighted by Gasteiger charge is -2.21. The summed E-state index contributed by atoms with van der Waals surface area (Å²) in [7, 11) is -9.90. The van der Waals surface area contributed by atoms with Crippen LogP contribution < -0.4 is 0 Å². The maximum absolute atomic E-state index is 13.1. The second kappa shape index (κ2) is 67.9. The molecular weight excluding hydrogens is 1250 g/mol. The average molecular weight is 1400 g/mol. The van der Waals surface area contributed by atoms with E-state index >= 15 is 0 Å². The Bertz CT molecular complexity index is 1840. The highest BCUT2D eigenvalue weighted by molar-refractivity contribution is 7.47. The Balaban J connectivity index is 5.18. The summed E-state index contributed by atoms with van der Waals surface area (Å²) in [5.41, 5.74) is 0. The van der Waals surface area contributed by atoms with Crippen molar-refractivity contribution in [3.8, 4) is 0 Å². The van der Waals surface area contributed by atoms with E-state index in [1.807, 2.05) is 0 Å². The van der Waals surface area contributed by atoms with Gasteiger partial charge in [0.05, 0.1) is 26.4 Å². The largest absolute Gasteiger partial charge is 0.472 e. The van der Waals surface area contributed by atoms with Crippen molar-refractivity contribution in [1.29, 1.82) is 0 Å². The highest BCUT2D eigenvalue weighted by atomic mass is 31.2. The summed E-state index contributed by atoms with van der Waals surface area (Å²) in [6.45, 7) is 9.52. The van der Waals surface area contributed by atoms with Crippen LogP contribution in [0.15, 0.2) is 0 Å². The molecule has 0 aliphatic carbocycles. The van der Waals surface area contributed by atoms with E-state index in [2.05, 4.69) is 41.5 Å². The predicted octanol–water partition coefficient (Wildman–Crippen LogP) is 22.3. The third kappa shape index (κ3) is 70.3. The van der Waals surface area contributed by atoms with Crippen LogP contribution in [0.4, 0.5) is 0 Å². The summed E-state index contributed by atoms with van der Waals surface area (Å²) in [6, 6.07) is 0. The average Bonchev–Trinajstić information content (AvgIpc) is 1.51. The van der Waals surface area contributed by atoms with E-state index in [-0.39, 0.29) is 25.7 Å². The molecule has 95 heavy (non-hydrogen) atoms. The number of aliphatic hydroxyl groups excluding tert-OH is 1. The predicted molar refractivity (Wildman–Crippen MR) is 386 cm³/mol. The fraction of sp³-hybridized carbons (Fsp3) is 0.947. The highest BCUT2D eigenvalue weighted by Gasteiger charge is 2.30. The van der Waals surface area contributed by atoms with Crippen LogP contribution in [0, 0.1) is 11.8 Å². The third-order valence-electron chi connectivity index (χ3n) is 17.7. The summed E-state index contributed by atoms with van der Waals surface area (Å²) < 4.78 is 68.4. The van der Waals surface area contributed by atoms with E-state index in [0.717, 1.165) is 102 Å². The van der Waals surface area contributed by atoms with Crippen molar-refractivity contribution < 1.29 is 80.2 Å². The minimum atomic E-state index is -4.96. The van der Waals surface area contributed by atoms with Gasteiger partial charge in [0.25, 0.3) is 0 Å². The first-order valence-electron chi connectivity index (χ1n) is 39.5. The number of unbranched alkanes of at least 4 members (excludes halogenated alkanes) is 45. The second-order valence-corrected chi connectivity index (χ2v) is 31.3. The minimum Gasteiger partial charge on any atom is -0.462 e. The molecule has 0 aliphatic heterocycles. The van der Waals surface area contributed by atoms with Gasteiger partial charge in [-0.15, -0.1) is 0 Å². The molecule has 5 atom stereocenters. The van der Waals surface area contributed by atoms with Crippen molar-refractivity contribution in [2.75, 3.05) is 39.6 Å². The van der Waals surface area contributed by atoms with Crippen LogP contribution in [0.5, 0.6) is 0 Å². The molecule has 0 aromatic rings. The van der Waals surface area contributed by atoms with E-state index in [1.54, 1.807) is 0 Å². The lowest BCUT2D eigenvalue weighted by atomic mass is 10.0. The van der Waals surface area contributed by atoms with Gasteiger partial charge in [-0.2, -0.15) is 0 Å². The number of hydrogen-bond acceptors (Lipinski definition) is 15. The quantitative estimate of drug-likeness (QED) is 0.0222. The fourth-order valence-electron chi connectivity index (χ4n) is 11.7. The molecule has 0 aromatic heterocycles. The standard InChI is InChI=1S/C76H148O17P2/c1-7-9-11-13-15-17-18-19-20-21-22-23-24-25-30-33-36-42-48-54-60-75(80)92-71(65-87-74(79)59-53-47-41-35-32-29-27-26-28-31-34-38-44-50-56-68(3)4)66-90-94(82,83)88-62-70(77)63-89-95(84,85)91-67-72(64-86-73(78)58-52-46-40-16-14-12-10-8-2)93-76(81)61-55-49-43-37-39-45-51-57-69(5)6/h68-72,77H,7-67H2,1-6H3,(H,82,83)(H,84,85)/t70-,71-,72-/m1/s1. The van der Waals surface area contributed by atoms with Crippen LogP contribution in [0.3, 0.4) is 0 Å². The minimum absolute atomic E-state index is 0.103. The molecule has 0 saturated carbocycles. The van der Waals surface area contributed by atoms with Gasteiger partial charge >= 0.3 is 39.5 Å². The molecule has 564 valence electrons. The third-order valence-corrected chi connectivity index (χ3v) is 19.6. The van der Waals surface area contributed by atoms with Crippen molar-refractivity contribution in [2.24, 2.45) is 11.8 Å². The molecule has 0 radical (unpaired) electrons. The first-order valence-corrected chi connectivity index (χ1v) is 42.5. The number of hydrogen-bond donors (Lipinski definition) is 3. The number of phosphoric ester groups is 2. The van der Waals surface area contributed by atoms with Gasteiger partial charge in [0.2, 0.25) is 0 Å². The topological polar surface area (TPSA) is 237 Å². The molecule has 19 heteroatoms. The van der Waals surface area contributed by atoms with Gasteiger partial charge in [-0.25, -0.2) is 9.13 Å². The molecular formula is C76H148O17P2. The first-order chi connectivity index (χ1) is 45.9. The second-order valence-electron chi connectivity index (χ2n) is 28.3. The Labute approximate surface area is 581 Å². The van der Waals surface area contributed by atoms with Gasteiger partial charge in [-0.05, 0) is 37.5 Å². The number of carbonyl (C=O) groups excluding carboxylic acids is 4. The van der Waals surface area contributed by atoms with Crippen molar-refractivity contribution in [2.45, 2.75) is 413 Å². The molecule has 0 aliphatic rings. The summed E-state index contributed by atoms with van der Waals surface area (Å²) in [5, 5.41) is 10.6. The molecule has 0 amide bonds. The SMILES string of the molecule is CCCCCCCCCCCCCCCCCCCCCCC(=O)O[C@H](COC(=O)CCCCCCCCCCCCCCCCC(C)C)COP(=O)(O)OC[C@@H](O)COP(=O)(O)OC[C@@H](COC(=O)CCCCCCCCCC)OC(=O)CCCCCCCCCC(C)C. The van der Waals surface area contributed by atoms with Crippen molar-refractivity contribution in [3.63, 3.8) is 0 Å². The van der Waals surface area contributed by atoms with Crippen LogP contribution >= 0.6 is 15.6 Å². The number of ether oxygens (including phenoxy) is 4. The molecule has 0 spiro atoms. The fourth-order valence-corrected chi connectivity index (χ4v) is 13.2. The molecule has 0 bridgehead atoms. The normalized spacial score (nSPS) is 14.0. The Morgan fingerprint density at radius 1 is 0.284 bits per heavy atom. The Kier molecular flexibility index (Phi) is 66.5. The van der Waals surface area contributed by atoms with Crippen LogP contribution in [-0.2, 0) is 65.4 Å². The van der Waals surface area contributed by atoms with Crippen LogP contribution in [0.25, 0.3) is 0 Å². The van der Waals surface area contributed by atoms with E-state index in [9.17, 15) is 43.2 Å². The summed E-state index contributed by atoms with van der Waals surface area (Å²) >= 11 is 0.